The lowest BCUT2D eigenvalue weighted by molar-refractivity contribution is -0.115. The molecule has 2 aromatic carbocycles. The van der Waals surface area contributed by atoms with Crippen LogP contribution >= 0.6 is 0 Å². The zero-order valence-corrected chi connectivity index (χ0v) is 15.5. The molecule has 3 aromatic rings. The van der Waals surface area contributed by atoms with Gasteiger partial charge in [-0.3, -0.25) is 9.59 Å². The summed E-state index contributed by atoms with van der Waals surface area (Å²) in [6, 6.07) is 14.9. The Kier molecular flexibility index (Phi) is 5.35. The van der Waals surface area contributed by atoms with Crippen LogP contribution in [0.5, 0.6) is 0 Å². The lowest BCUT2D eigenvalue weighted by Crippen LogP contribution is -2.33. The summed E-state index contributed by atoms with van der Waals surface area (Å²) in [7, 11) is 0. The van der Waals surface area contributed by atoms with E-state index < -0.39 is 5.91 Å². The summed E-state index contributed by atoms with van der Waals surface area (Å²) in [6.45, 7) is 5.73. The van der Waals surface area contributed by atoms with E-state index >= 15 is 0 Å². The van der Waals surface area contributed by atoms with Crippen molar-refractivity contribution in [2.75, 3.05) is 11.9 Å². The van der Waals surface area contributed by atoms with Crippen molar-refractivity contribution in [3.05, 3.63) is 70.9 Å². The van der Waals surface area contributed by atoms with Crippen molar-refractivity contribution in [3.63, 3.8) is 0 Å². The fraction of sp³-hybridized carbons (Fsp3) is 0.190. The first-order chi connectivity index (χ1) is 12.9. The maximum atomic E-state index is 12.2. The number of carbonyl (C=O) groups excluding carboxylic acids is 2. The fourth-order valence-corrected chi connectivity index (χ4v) is 2.93. The Hall–Kier alpha value is -3.41. The molecule has 2 amide bonds. The third-order valence-corrected chi connectivity index (χ3v) is 4.15. The SMILES string of the molecule is Cc1cc(C)c(NC(=O)CNC(=O)c2cc(-c3ccccc3)on2)c(C)c1. The van der Waals surface area contributed by atoms with Gasteiger partial charge in [-0.1, -0.05) is 53.2 Å². The van der Waals surface area contributed by atoms with E-state index in [4.69, 9.17) is 4.52 Å². The highest BCUT2D eigenvalue weighted by Gasteiger charge is 2.15. The molecule has 0 aliphatic carbocycles. The summed E-state index contributed by atoms with van der Waals surface area (Å²) >= 11 is 0. The third-order valence-electron chi connectivity index (χ3n) is 4.15. The Bertz CT molecular complexity index is 954. The molecule has 2 N–H and O–H groups in total. The van der Waals surface area contributed by atoms with Crippen LogP contribution in [0.2, 0.25) is 0 Å². The summed E-state index contributed by atoms with van der Waals surface area (Å²) in [6.07, 6.45) is 0. The first-order valence-electron chi connectivity index (χ1n) is 8.62. The molecule has 0 radical (unpaired) electrons. The average molecular weight is 363 g/mol. The number of amides is 2. The van der Waals surface area contributed by atoms with Crippen LogP contribution in [-0.4, -0.2) is 23.5 Å². The molecule has 0 aliphatic heterocycles. The average Bonchev–Trinajstić information content (AvgIpc) is 3.14. The van der Waals surface area contributed by atoms with E-state index in [1.54, 1.807) is 6.07 Å². The molecular weight excluding hydrogens is 342 g/mol. The third kappa shape index (κ3) is 4.41. The van der Waals surface area contributed by atoms with Gasteiger partial charge < -0.3 is 15.2 Å². The van der Waals surface area contributed by atoms with Crippen molar-refractivity contribution >= 4 is 17.5 Å². The summed E-state index contributed by atoms with van der Waals surface area (Å²) in [5.74, 6) is -0.269. The van der Waals surface area contributed by atoms with Crippen LogP contribution in [0.25, 0.3) is 11.3 Å². The van der Waals surface area contributed by atoms with Gasteiger partial charge in [-0.15, -0.1) is 0 Å². The highest BCUT2D eigenvalue weighted by Crippen LogP contribution is 2.22. The number of rotatable bonds is 5. The van der Waals surface area contributed by atoms with Crippen LogP contribution < -0.4 is 10.6 Å². The Morgan fingerprint density at radius 2 is 1.67 bits per heavy atom. The number of hydrogen-bond acceptors (Lipinski definition) is 4. The molecule has 6 heteroatoms. The molecule has 0 saturated carbocycles. The minimum atomic E-state index is -0.464. The predicted octanol–water partition coefficient (Wildman–Crippen LogP) is 3.64. The van der Waals surface area contributed by atoms with Crippen molar-refractivity contribution in [1.82, 2.24) is 10.5 Å². The van der Waals surface area contributed by atoms with Gasteiger partial charge in [-0.05, 0) is 31.9 Å². The molecule has 0 aliphatic rings. The molecule has 0 bridgehead atoms. The number of aromatic nitrogens is 1. The highest BCUT2D eigenvalue weighted by molar-refractivity contribution is 5.99. The zero-order valence-electron chi connectivity index (χ0n) is 15.5. The van der Waals surface area contributed by atoms with E-state index in [-0.39, 0.29) is 18.1 Å². The van der Waals surface area contributed by atoms with E-state index in [1.165, 1.54) is 0 Å². The van der Waals surface area contributed by atoms with Crippen LogP contribution in [0.1, 0.15) is 27.2 Å². The topological polar surface area (TPSA) is 84.2 Å². The standard InChI is InChI=1S/C21H21N3O3/c1-13-9-14(2)20(15(3)10-13)23-19(25)12-22-21(26)17-11-18(27-24-17)16-7-5-4-6-8-16/h4-11H,12H2,1-3H3,(H,22,26)(H,23,25). The van der Waals surface area contributed by atoms with Crippen molar-refractivity contribution in [2.24, 2.45) is 0 Å². The Balaban J connectivity index is 1.60. The second-order valence-electron chi connectivity index (χ2n) is 6.45. The van der Waals surface area contributed by atoms with Crippen molar-refractivity contribution in [2.45, 2.75) is 20.8 Å². The summed E-state index contributed by atoms with van der Waals surface area (Å²) in [5, 5.41) is 9.18. The van der Waals surface area contributed by atoms with Crippen LogP contribution in [-0.2, 0) is 4.79 Å². The highest BCUT2D eigenvalue weighted by atomic mass is 16.5. The summed E-state index contributed by atoms with van der Waals surface area (Å²) in [4.78, 5) is 24.4. The van der Waals surface area contributed by atoms with Crippen LogP contribution in [0.3, 0.4) is 0 Å². The van der Waals surface area contributed by atoms with E-state index in [1.807, 2.05) is 63.2 Å². The van der Waals surface area contributed by atoms with Crippen LogP contribution in [0, 0.1) is 20.8 Å². The number of anilines is 1. The molecule has 6 nitrogen and oxygen atoms in total. The maximum Gasteiger partial charge on any atom is 0.273 e. The summed E-state index contributed by atoms with van der Waals surface area (Å²) < 4.78 is 5.21. The fourth-order valence-electron chi connectivity index (χ4n) is 2.93. The van der Waals surface area contributed by atoms with E-state index in [2.05, 4.69) is 15.8 Å². The molecule has 3 rings (SSSR count). The van der Waals surface area contributed by atoms with E-state index in [9.17, 15) is 9.59 Å². The Morgan fingerprint density at radius 1 is 1.00 bits per heavy atom. The predicted molar refractivity (Wildman–Crippen MR) is 104 cm³/mol. The molecule has 27 heavy (non-hydrogen) atoms. The van der Waals surface area contributed by atoms with Gasteiger partial charge >= 0.3 is 0 Å². The smallest absolute Gasteiger partial charge is 0.273 e. The zero-order chi connectivity index (χ0) is 19.4. The molecule has 0 atom stereocenters. The van der Waals surface area contributed by atoms with Gasteiger partial charge in [-0.25, -0.2) is 0 Å². The Morgan fingerprint density at radius 3 is 2.33 bits per heavy atom. The first kappa shape index (κ1) is 18.4. The van der Waals surface area contributed by atoms with Gasteiger partial charge in [0.1, 0.15) is 0 Å². The van der Waals surface area contributed by atoms with Crippen molar-refractivity contribution in [1.29, 1.82) is 0 Å². The van der Waals surface area contributed by atoms with E-state index in [0.717, 1.165) is 27.9 Å². The van der Waals surface area contributed by atoms with Crippen LogP contribution in [0.15, 0.2) is 53.1 Å². The van der Waals surface area contributed by atoms with E-state index in [0.29, 0.717) is 5.76 Å². The van der Waals surface area contributed by atoms with Gasteiger partial charge in [0, 0.05) is 17.3 Å². The second kappa shape index (κ2) is 7.86. The molecule has 0 saturated heterocycles. The lowest BCUT2D eigenvalue weighted by Gasteiger charge is -2.13. The number of benzene rings is 2. The number of aryl methyl sites for hydroxylation is 3. The number of hydrogen-bond donors (Lipinski definition) is 2. The van der Waals surface area contributed by atoms with Crippen molar-refractivity contribution in [3.8, 4) is 11.3 Å². The molecule has 1 aromatic heterocycles. The number of carbonyl (C=O) groups is 2. The second-order valence-corrected chi connectivity index (χ2v) is 6.45. The summed E-state index contributed by atoms with van der Waals surface area (Å²) in [5.41, 5.74) is 4.83. The molecule has 0 fully saturated rings. The molecule has 138 valence electrons. The molecule has 0 spiro atoms. The molecule has 1 heterocycles. The first-order valence-corrected chi connectivity index (χ1v) is 8.62. The minimum absolute atomic E-state index is 0.129. The quantitative estimate of drug-likeness (QED) is 0.725. The van der Waals surface area contributed by atoms with Crippen LogP contribution in [0.4, 0.5) is 5.69 Å². The van der Waals surface area contributed by atoms with Gasteiger partial charge in [0.25, 0.3) is 5.91 Å². The normalized spacial score (nSPS) is 10.5. The van der Waals surface area contributed by atoms with Gasteiger partial charge in [0.05, 0.1) is 6.54 Å². The van der Waals surface area contributed by atoms with Gasteiger partial charge in [0.2, 0.25) is 5.91 Å². The minimum Gasteiger partial charge on any atom is -0.355 e. The van der Waals surface area contributed by atoms with Gasteiger partial charge in [-0.2, -0.15) is 0 Å². The lowest BCUT2D eigenvalue weighted by atomic mass is 10.1. The monoisotopic (exact) mass is 363 g/mol. The molecular formula is C21H21N3O3. The largest absolute Gasteiger partial charge is 0.355 e. The number of nitrogens with zero attached hydrogens (tertiary/aromatic N) is 1. The molecule has 0 unspecified atom stereocenters. The Labute approximate surface area is 157 Å². The number of nitrogens with one attached hydrogen (secondary N) is 2. The van der Waals surface area contributed by atoms with Crippen molar-refractivity contribution < 1.29 is 14.1 Å². The maximum absolute atomic E-state index is 12.2. The van der Waals surface area contributed by atoms with Gasteiger partial charge in [0.15, 0.2) is 11.5 Å².